The van der Waals surface area contributed by atoms with Gasteiger partial charge in [0.2, 0.25) is 0 Å². The van der Waals surface area contributed by atoms with Gasteiger partial charge in [0, 0.05) is 12.6 Å². The van der Waals surface area contributed by atoms with Crippen LogP contribution in [0.1, 0.15) is 57.4 Å². The second-order valence-electron chi connectivity index (χ2n) is 6.34. The first-order valence-corrected chi connectivity index (χ1v) is 8.08. The van der Waals surface area contributed by atoms with Crippen LogP contribution in [0.2, 0.25) is 0 Å². The van der Waals surface area contributed by atoms with Gasteiger partial charge in [0.25, 0.3) is 0 Å². The summed E-state index contributed by atoms with van der Waals surface area (Å²) in [7, 11) is 1.73. The number of rotatable bonds is 6. The summed E-state index contributed by atoms with van der Waals surface area (Å²) in [5.41, 5.74) is 1.46. The van der Waals surface area contributed by atoms with Gasteiger partial charge in [-0.15, -0.1) is 0 Å². The zero-order valence-corrected chi connectivity index (χ0v) is 13.2. The van der Waals surface area contributed by atoms with E-state index in [9.17, 15) is 0 Å². The molecule has 112 valence electrons. The molecule has 0 heterocycles. The Balaban J connectivity index is 2.10. The Morgan fingerprint density at radius 3 is 2.30 bits per heavy atom. The Morgan fingerprint density at radius 2 is 1.75 bits per heavy atom. The maximum Gasteiger partial charge on any atom is 0.118 e. The van der Waals surface area contributed by atoms with Crippen LogP contribution in [0.15, 0.2) is 24.3 Å². The van der Waals surface area contributed by atoms with Crippen LogP contribution in [0.3, 0.4) is 0 Å². The van der Waals surface area contributed by atoms with E-state index in [1.807, 2.05) is 0 Å². The molecule has 0 spiro atoms. The number of hydrogen-bond acceptors (Lipinski definition) is 2. The lowest BCUT2D eigenvalue weighted by atomic mass is 9.76. The molecule has 1 aliphatic rings. The molecule has 0 saturated heterocycles. The topological polar surface area (TPSA) is 21.3 Å². The van der Waals surface area contributed by atoms with Gasteiger partial charge in [-0.05, 0) is 42.4 Å². The molecule has 0 aliphatic heterocycles. The van der Waals surface area contributed by atoms with E-state index in [4.69, 9.17) is 4.74 Å². The Kier molecular flexibility index (Phi) is 5.90. The molecule has 1 aromatic rings. The van der Waals surface area contributed by atoms with E-state index in [2.05, 4.69) is 43.4 Å². The Hall–Kier alpha value is -1.02. The first-order chi connectivity index (χ1) is 9.70. The van der Waals surface area contributed by atoms with Crippen molar-refractivity contribution in [3.63, 3.8) is 0 Å². The molecule has 0 aromatic heterocycles. The fourth-order valence-corrected chi connectivity index (χ4v) is 3.31. The van der Waals surface area contributed by atoms with Crippen molar-refractivity contribution in [3.8, 4) is 5.75 Å². The zero-order valence-electron chi connectivity index (χ0n) is 13.2. The standard InChI is InChI=1S/C18H29NO/c1-14(2)19-13-18(15-7-5-4-6-8-15)16-9-11-17(20-3)12-10-16/h9-12,14-15,18-19H,4-8,13H2,1-3H3. The fourth-order valence-electron chi connectivity index (χ4n) is 3.31. The lowest BCUT2D eigenvalue weighted by Crippen LogP contribution is -2.32. The number of ether oxygens (including phenoxy) is 1. The minimum Gasteiger partial charge on any atom is -0.497 e. The Labute approximate surface area is 123 Å². The zero-order chi connectivity index (χ0) is 14.4. The predicted octanol–water partition coefficient (Wildman–Crippen LogP) is 4.36. The van der Waals surface area contributed by atoms with Crippen molar-refractivity contribution >= 4 is 0 Å². The molecule has 1 aliphatic carbocycles. The van der Waals surface area contributed by atoms with Crippen LogP contribution in [0.25, 0.3) is 0 Å². The van der Waals surface area contributed by atoms with E-state index < -0.39 is 0 Å². The third-order valence-corrected chi connectivity index (χ3v) is 4.51. The summed E-state index contributed by atoms with van der Waals surface area (Å²) in [6.45, 7) is 5.55. The van der Waals surface area contributed by atoms with Gasteiger partial charge in [-0.1, -0.05) is 45.2 Å². The predicted molar refractivity (Wildman–Crippen MR) is 85.4 cm³/mol. The highest BCUT2D eigenvalue weighted by molar-refractivity contribution is 5.30. The number of hydrogen-bond donors (Lipinski definition) is 1. The first-order valence-electron chi connectivity index (χ1n) is 8.08. The summed E-state index contributed by atoms with van der Waals surface area (Å²) < 4.78 is 5.28. The normalized spacial score (nSPS) is 18.2. The molecule has 0 radical (unpaired) electrons. The van der Waals surface area contributed by atoms with Gasteiger partial charge >= 0.3 is 0 Å². The quantitative estimate of drug-likeness (QED) is 0.833. The van der Waals surface area contributed by atoms with Gasteiger partial charge in [-0.3, -0.25) is 0 Å². The highest BCUT2D eigenvalue weighted by Gasteiger charge is 2.25. The molecule has 0 bridgehead atoms. The highest BCUT2D eigenvalue weighted by Crippen LogP contribution is 2.36. The van der Waals surface area contributed by atoms with Gasteiger partial charge in [0.05, 0.1) is 7.11 Å². The molecule has 1 unspecified atom stereocenters. The second kappa shape index (κ2) is 7.68. The highest BCUT2D eigenvalue weighted by atomic mass is 16.5. The molecule has 1 saturated carbocycles. The van der Waals surface area contributed by atoms with Crippen molar-refractivity contribution in [2.24, 2.45) is 5.92 Å². The Morgan fingerprint density at radius 1 is 1.10 bits per heavy atom. The SMILES string of the molecule is COc1ccc(C(CNC(C)C)C2CCCCC2)cc1. The van der Waals surface area contributed by atoms with Crippen molar-refractivity contribution in [2.75, 3.05) is 13.7 Å². The second-order valence-corrected chi connectivity index (χ2v) is 6.34. The Bertz CT molecular complexity index is 379. The fraction of sp³-hybridized carbons (Fsp3) is 0.667. The molecule has 1 atom stereocenters. The van der Waals surface area contributed by atoms with Gasteiger partial charge in [0.15, 0.2) is 0 Å². The van der Waals surface area contributed by atoms with Crippen molar-refractivity contribution in [1.29, 1.82) is 0 Å². The molecule has 2 rings (SSSR count). The van der Waals surface area contributed by atoms with Crippen LogP contribution >= 0.6 is 0 Å². The summed E-state index contributed by atoms with van der Waals surface area (Å²) in [5, 5.41) is 3.64. The molecule has 0 amide bonds. The average molecular weight is 275 g/mol. The summed E-state index contributed by atoms with van der Waals surface area (Å²) in [4.78, 5) is 0. The minimum atomic E-state index is 0.555. The average Bonchev–Trinajstić information content (AvgIpc) is 2.49. The van der Waals surface area contributed by atoms with E-state index in [0.717, 1.165) is 18.2 Å². The summed E-state index contributed by atoms with van der Waals surface area (Å²) in [5.74, 6) is 2.43. The van der Waals surface area contributed by atoms with Crippen molar-refractivity contribution < 1.29 is 4.74 Å². The molecule has 1 aromatic carbocycles. The van der Waals surface area contributed by atoms with Gasteiger partial charge < -0.3 is 10.1 Å². The molecule has 2 heteroatoms. The lowest BCUT2D eigenvalue weighted by molar-refractivity contribution is 0.293. The van der Waals surface area contributed by atoms with Crippen molar-refractivity contribution in [3.05, 3.63) is 29.8 Å². The third-order valence-electron chi connectivity index (χ3n) is 4.51. The van der Waals surface area contributed by atoms with E-state index >= 15 is 0 Å². The summed E-state index contributed by atoms with van der Waals surface area (Å²) in [6, 6.07) is 9.25. The molecule has 1 fully saturated rings. The van der Waals surface area contributed by atoms with Gasteiger partial charge in [0.1, 0.15) is 5.75 Å². The van der Waals surface area contributed by atoms with Crippen LogP contribution in [0.4, 0.5) is 0 Å². The van der Waals surface area contributed by atoms with E-state index in [1.54, 1.807) is 7.11 Å². The van der Waals surface area contributed by atoms with E-state index in [1.165, 1.54) is 37.7 Å². The first kappa shape index (κ1) is 15.4. The van der Waals surface area contributed by atoms with E-state index in [0.29, 0.717) is 12.0 Å². The maximum atomic E-state index is 5.28. The van der Waals surface area contributed by atoms with Crippen LogP contribution < -0.4 is 10.1 Å². The van der Waals surface area contributed by atoms with Gasteiger partial charge in [-0.25, -0.2) is 0 Å². The van der Waals surface area contributed by atoms with Crippen LogP contribution in [0.5, 0.6) is 5.75 Å². The van der Waals surface area contributed by atoms with Crippen LogP contribution in [-0.4, -0.2) is 19.7 Å². The monoisotopic (exact) mass is 275 g/mol. The number of methoxy groups -OCH3 is 1. The van der Waals surface area contributed by atoms with E-state index in [-0.39, 0.29) is 0 Å². The largest absolute Gasteiger partial charge is 0.497 e. The molecular weight excluding hydrogens is 246 g/mol. The molecule has 1 N–H and O–H groups in total. The number of benzene rings is 1. The molecule has 20 heavy (non-hydrogen) atoms. The molecular formula is C18H29NO. The van der Waals surface area contributed by atoms with Crippen LogP contribution in [-0.2, 0) is 0 Å². The molecule has 2 nitrogen and oxygen atoms in total. The van der Waals surface area contributed by atoms with Crippen molar-refractivity contribution in [1.82, 2.24) is 5.32 Å². The minimum absolute atomic E-state index is 0.555. The lowest BCUT2D eigenvalue weighted by Gasteiger charge is -2.31. The van der Waals surface area contributed by atoms with Crippen LogP contribution in [0, 0.1) is 5.92 Å². The summed E-state index contributed by atoms with van der Waals surface area (Å²) >= 11 is 0. The van der Waals surface area contributed by atoms with Gasteiger partial charge in [-0.2, -0.15) is 0 Å². The maximum absolute atomic E-state index is 5.28. The summed E-state index contributed by atoms with van der Waals surface area (Å²) in [6.07, 6.45) is 6.99. The van der Waals surface area contributed by atoms with Crippen molar-refractivity contribution in [2.45, 2.75) is 57.9 Å². The third kappa shape index (κ3) is 4.24. The number of nitrogens with one attached hydrogen (secondary N) is 1. The smallest absolute Gasteiger partial charge is 0.118 e.